The van der Waals surface area contributed by atoms with E-state index in [-0.39, 0.29) is 0 Å². The van der Waals surface area contributed by atoms with Crippen LogP contribution in [0.3, 0.4) is 0 Å². The van der Waals surface area contributed by atoms with Crippen molar-refractivity contribution < 1.29 is 8.97 Å². The average Bonchev–Trinajstić information content (AvgIpc) is 2.79. The third-order valence-electron chi connectivity index (χ3n) is 8.20. The first kappa shape index (κ1) is 25.3. The summed E-state index contributed by atoms with van der Waals surface area (Å²) in [5.41, 5.74) is 5.74. The van der Waals surface area contributed by atoms with Crippen LogP contribution in [0.4, 0.5) is 0 Å². The van der Waals surface area contributed by atoms with Gasteiger partial charge in [0.1, 0.15) is 13.1 Å². The van der Waals surface area contributed by atoms with Crippen molar-refractivity contribution >= 4 is 12.6 Å². The molecule has 2 aliphatic rings. The van der Waals surface area contributed by atoms with Crippen molar-refractivity contribution in [2.75, 3.05) is 46.5 Å². The van der Waals surface area contributed by atoms with Gasteiger partial charge in [-0.3, -0.25) is 0 Å². The molecule has 2 heterocycles. The van der Waals surface area contributed by atoms with Gasteiger partial charge in [-0.25, -0.2) is 0 Å². The molecular formula is C29H46N2S+2. The Kier molecular flexibility index (Phi) is 8.89. The molecule has 4 rings (SSSR count). The van der Waals surface area contributed by atoms with Crippen LogP contribution in [0.25, 0.3) is 0 Å². The monoisotopic (exact) mass is 454 g/mol. The Bertz CT molecular complexity index is 740. The van der Waals surface area contributed by atoms with Gasteiger partial charge in [-0.2, -0.15) is 12.6 Å². The number of hydrogen-bond donors (Lipinski definition) is 1. The molecule has 176 valence electrons. The van der Waals surface area contributed by atoms with Crippen LogP contribution in [-0.2, 0) is 13.1 Å². The highest BCUT2D eigenvalue weighted by Crippen LogP contribution is 2.36. The lowest BCUT2D eigenvalue weighted by molar-refractivity contribution is -0.931. The summed E-state index contributed by atoms with van der Waals surface area (Å²) in [5.74, 6) is 1.92. The van der Waals surface area contributed by atoms with E-state index in [9.17, 15) is 0 Å². The largest absolute Gasteiger partial charge is 0.322 e. The molecule has 2 saturated heterocycles. The minimum Gasteiger partial charge on any atom is -0.322 e. The van der Waals surface area contributed by atoms with Crippen molar-refractivity contribution in [3.63, 3.8) is 0 Å². The summed E-state index contributed by atoms with van der Waals surface area (Å²) in [6.45, 7) is 12.2. The maximum Gasteiger partial charge on any atom is 0.104 e. The fraction of sp³-hybridized carbons (Fsp3) is 0.586. The Balaban J connectivity index is 0.00000141. The lowest BCUT2D eigenvalue weighted by atomic mass is 9.77. The molecule has 2 aromatic carbocycles. The van der Waals surface area contributed by atoms with Gasteiger partial charge in [0.05, 0.1) is 40.3 Å². The number of benzene rings is 2. The van der Waals surface area contributed by atoms with E-state index in [2.05, 4.69) is 89.1 Å². The molecule has 0 bridgehead atoms. The SMILES string of the molecule is CS.Cc1ccc(C[N+]2(C)CCC(C3CC[N+](C)(Cc4ccc(C)cc4)CC3)CC2)cc1. The predicted octanol–water partition coefficient (Wildman–Crippen LogP) is 6.26. The van der Waals surface area contributed by atoms with E-state index in [1.54, 1.807) is 6.26 Å². The molecule has 3 heteroatoms. The molecule has 0 saturated carbocycles. The summed E-state index contributed by atoms with van der Waals surface area (Å²) in [6.07, 6.45) is 7.40. The molecule has 0 aromatic heterocycles. The number of piperidine rings is 2. The summed E-state index contributed by atoms with van der Waals surface area (Å²) >= 11 is 3.53. The standard InChI is InChI=1S/C28H42N2.CH4S/c1-23-5-9-25(10-6-23)21-29(3)17-13-27(14-18-29)28-15-19-30(4,20-16-28)22-26-11-7-24(2)8-12-26;1-2/h5-12,27-28H,13-22H2,1-4H3;2H,1H3/q+2;. The van der Waals surface area contributed by atoms with Crippen molar-refractivity contribution in [2.24, 2.45) is 11.8 Å². The lowest BCUT2D eigenvalue weighted by Crippen LogP contribution is -2.53. The van der Waals surface area contributed by atoms with Crippen LogP contribution in [0.15, 0.2) is 48.5 Å². The van der Waals surface area contributed by atoms with E-state index in [1.807, 2.05) is 0 Å². The van der Waals surface area contributed by atoms with Crippen LogP contribution < -0.4 is 0 Å². The number of thiol groups is 1. The summed E-state index contributed by atoms with van der Waals surface area (Å²) < 4.78 is 2.46. The molecule has 0 spiro atoms. The summed E-state index contributed by atoms with van der Waals surface area (Å²) in [7, 11) is 4.96. The van der Waals surface area contributed by atoms with Gasteiger partial charge in [0.15, 0.2) is 0 Å². The van der Waals surface area contributed by atoms with Crippen LogP contribution >= 0.6 is 12.6 Å². The van der Waals surface area contributed by atoms with Gasteiger partial charge in [0.2, 0.25) is 0 Å². The molecule has 0 aliphatic carbocycles. The molecule has 2 aliphatic heterocycles. The number of hydrogen-bond acceptors (Lipinski definition) is 1. The van der Waals surface area contributed by atoms with Gasteiger partial charge in [-0.1, -0.05) is 59.7 Å². The molecule has 32 heavy (non-hydrogen) atoms. The van der Waals surface area contributed by atoms with Crippen molar-refractivity contribution in [2.45, 2.75) is 52.6 Å². The molecule has 0 radical (unpaired) electrons. The number of rotatable bonds is 5. The second-order valence-corrected chi connectivity index (χ2v) is 11.1. The minimum absolute atomic E-state index is 0.961. The van der Waals surface area contributed by atoms with Crippen molar-refractivity contribution in [1.29, 1.82) is 0 Å². The molecular weight excluding hydrogens is 408 g/mol. The number of aryl methyl sites for hydroxylation is 2. The lowest BCUT2D eigenvalue weighted by Gasteiger charge is -2.46. The summed E-state index contributed by atoms with van der Waals surface area (Å²) in [6, 6.07) is 18.4. The van der Waals surface area contributed by atoms with Gasteiger partial charge >= 0.3 is 0 Å². The molecule has 2 aromatic rings. The second-order valence-electron chi connectivity index (χ2n) is 11.1. The number of quaternary nitrogens is 2. The van der Waals surface area contributed by atoms with E-state index < -0.39 is 0 Å². The zero-order chi connectivity index (χ0) is 23.2. The van der Waals surface area contributed by atoms with E-state index in [4.69, 9.17) is 0 Å². The molecule has 2 fully saturated rings. The van der Waals surface area contributed by atoms with E-state index >= 15 is 0 Å². The predicted molar refractivity (Wildman–Crippen MR) is 142 cm³/mol. The Morgan fingerprint density at radius 3 is 1.16 bits per heavy atom. The zero-order valence-electron chi connectivity index (χ0n) is 21.2. The van der Waals surface area contributed by atoms with Gasteiger partial charge in [-0.15, -0.1) is 0 Å². The van der Waals surface area contributed by atoms with Crippen molar-refractivity contribution in [3.05, 3.63) is 70.8 Å². The van der Waals surface area contributed by atoms with Gasteiger partial charge in [0.25, 0.3) is 0 Å². The third-order valence-corrected chi connectivity index (χ3v) is 8.20. The molecule has 0 unspecified atom stereocenters. The van der Waals surface area contributed by atoms with Gasteiger partial charge < -0.3 is 8.97 Å². The summed E-state index contributed by atoms with van der Waals surface area (Å²) in [4.78, 5) is 0. The van der Waals surface area contributed by atoms with Crippen LogP contribution in [0.1, 0.15) is 47.9 Å². The number of nitrogens with zero attached hydrogens (tertiary/aromatic N) is 2. The third kappa shape index (κ3) is 6.85. The van der Waals surface area contributed by atoms with Crippen molar-refractivity contribution in [1.82, 2.24) is 0 Å². The van der Waals surface area contributed by atoms with Crippen LogP contribution in [-0.4, -0.2) is 55.5 Å². The first-order chi connectivity index (χ1) is 15.3. The van der Waals surface area contributed by atoms with Crippen molar-refractivity contribution in [3.8, 4) is 0 Å². The Morgan fingerprint density at radius 1 is 0.594 bits per heavy atom. The highest BCUT2D eigenvalue weighted by atomic mass is 32.1. The zero-order valence-corrected chi connectivity index (χ0v) is 22.1. The Morgan fingerprint density at radius 2 is 0.875 bits per heavy atom. The first-order valence-corrected chi connectivity index (χ1v) is 13.4. The van der Waals surface area contributed by atoms with Gasteiger partial charge in [-0.05, 0) is 57.6 Å². The topological polar surface area (TPSA) is 0 Å². The van der Waals surface area contributed by atoms with Crippen LogP contribution in [0.2, 0.25) is 0 Å². The molecule has 2 nitrogen and oxygen atoms in total. The highest BCUT2D eigenvalue weighted by Gasteiger charge is 2.38. The fourth-order valence-corrected chi connectivity index (χ4v) is 5.95. The smallest absolute Gasteiger partial charge is 0.104 e. The molecule has 0 atom stereocenters. The second kappa shape index (κ2) is 11.2. The molecule has 0 amide bonds. The minimum atomic E-state index is 0.961. The normalized spacial score (nSPS) is 30.3. The maximum absolute atomic E-state index is 3.53. The Hall–Kier alpha value is -1.29. The maximum atomic E-state index is 3.53. The Labute approximate surface area is 203 Å². The average molecular weight is 455 g/mol. The highest BCUT2D eigenvalue weighted by molar-refractivity contribution is 7.79. The van der Waals surface area contributed by atoms with Crippen LogP contribution in [0, 0.1) is 25.7 Å². The van der Waals surface area contributed by atoms with Gasteiger partial charge in [0, 0.05) is 11.1 Å². The van der Waals surface area contributed by atoms with E-state index in [1.165, 1.54) is 96.2 Å². The first-order valence-electron chi connectivity index (χ1n) is 12.6. The fourth-order valence-electron chi connectivity index (χ4n) is 5.95. The summed E-state index contributed by atoms with van der Waals surface area (Å²) in [5, 5.41) is 0. The van der Waals surface area contributed by atoms with E-state index in [0.29, 0.717) is 0 Å². The number of likely N-dealkylation sites (tertiary alicyclic amines) is 2. The quantitative estimate of drug-likeness (QED) is 0.400. The molecule has 0 N–H and O–H groups in total. The van der Waals surface area contributed by atoms with E-state index in [0.717, 1.165) is 11.8 Å². The van der Waals surface area contributed by atoms with Crippen LogP contribution in [0.5, 0.6) is 0 Å².